The lowest BCUT2D eigenvalue weighted by Crippen LogP contribution is -2.19. The van der Waals surface area contributed by atoms with Crippen LogP contribution in [0.4, 0.5) is 0 Å². The maximum Gasteiger partial charge on any atom is 0.0991 e. The predicted octanol–water partition coefficient (Wildman–Crippen LogP) is 4.86. The molecule has 2 aromatic rings. The summed E-state index contributed by atoms with van der Waals surface area (Å²) >= 11 is 13.5. The van der Waals surface area contributed by atoms with Crippen molar-refractivity contribution in [2.75, 3.05) is 0 Å². The molecule has 0 spiro atoms. The summed E-state index contributed by atoms with van der Waals surface area (Å²) in [6.45, 7) is 4.95. The van der Waals surface area contributed by atoms with Gasteiger partial charge in [0.05, 0.1) is 14.4 Å². The van der Waals surface area contributed by atoms with Gasteiger partial charge in [-0.2, -0.15) is 0 Å². The molecule has 5 heteroatoms. The van der Waals surface area contributed by atoms with E-state index in [1.807, 2.05) is 18.3 Å². The van der Waals surface area contributed by atoms with Crippen molar-refractivity contribution in [3.05, 3.63) is 49.9 Å². The minimum Gasteiger partial charge on any atom is -0.304 e. The van der Waals surface area contributed by atoms with Gasteiger partial charge in [-0.25, -0.2) is 0 Å². The Hall–Kier alpha value is -0.610. The summed E-state index contributed by atoms with van der Waals surface area (Å²) in [4.78, 5) is 4.42. The number of nitrogens with zero attached hydrogens (tertiary/aromatic N) is 1. The van der Waals surface area contributed by atoms with Crippen LogP contribution in [-0.2, 0) is 13.0 Å². The normalized spacial score (nSPS) is 12.6. The van der Waals surface area contributed by atoms with Gasteiger partial charge in [-0.1, -0.05) is 36.2 Å². The van der Waals surface area contributed by atoms with Crippen LogP contribution in [0, 0.1) is 0 Å². The van der Waals surface area contributed by atoms with Crippen LogP contribution in [0.3, 0.4) is 0 Å². The molecule has 2 rings (SSSR count). The molecule has 1 unspecified atom stereocenters. The Balaban J connectivity index is 2.04. The Bertz CT molecular complexity index is 554. The van der Waals surface area contributed by atoms with Gasteiger partial charge in [-0.05, 0) is 36.6 Å². The Kier molecular flexibility index (Phi) is 5.22. The number of nitrogens with one attached hydrogen (secondary N) is 1. The topological polar surface area (TPSA) is 24.9 Å². The molecule has 0 aromatic carbocycles. The van der Waals surface area contributed by atoms with Crippen LogP contribution in [0.1, 0.15) is 36.7 Å². The molecular formula is C14H16Cl2N2S. The van der Waals surface area contributed by atoms with E-state index in [9.17, 15) is 0 Å². The average Bonchev–Trinajstić information content (AvgIpc) is 2.75. The van der Waals surface area contributed by atoms with E-state index in [-0.39, 0.29) is 6.04 Å². The average molecular weight is 315 g/mol. The van der Waals surface area contributed by atoms with Gasteiger partial charge < -0.3 is 5.32 Å². The van der Waals surface area contributed by atoms with Crippen molar-refractivity contribution in [1.29, 1.82) is 0 Å². The lowest BCUT2D eigenvalue weighted by Gasteiger charge is -2.14. The van der Waals surface area contributed by atoms with E-state index in [2.05, 4.69) is 30.2 Å². The molecule has 0 aliphatic carbocycles. The fraction of sp³-hybridized carbons (Fsp3) is 0.357. The fourth-order valence-electron chi connectivity index (χ4n) is 1.96. The van der Waals surface area contributed by atoms with Gasteiger partial charge in [0, 0.05) is 18.8 Å². The highest BCUT2D eigenvalue weighted by Crippen LogP contribution is 2.34. The Labute approximate surface area is 127 Å². The van der Waals surface area contributed by atoms with Crippen molar-refractivity contribution >= 4 is 34.5 Å². The summed E-state index contributed by atoms with van der Waals surface area (Å²) < 4.78 is 1.47. The van der Waals surface area contributed by atoms with Gasteiger partial charge in [-0.3, -0.25) is 4.98 Å². The lowest BCUT2D eigenvalue weighted by atomic mass is 10.1. The summed E-state index contributed by atoms with van der Waals surface area (Å²) in [5.74, 6) is 0. The summed E-state index contributed by atoms with van der Waals surface area (Å²) in [6, 6.07) is 6.17. The van der Waals surface area contributed by atoms with Crippen LogP contribution in [0.5, 0.6) is 0 Å². The molecule has 0 saturated carbocycles. The first kappa shape index (κ1) is 14.8. The second kappa shape index (κ2) is 6.71. The first-order chi connectivity index (χ1) is 9.11. The van der Waals surface area contributed by atoms with Gasteiger partial charge in [0.1, 0.15) is 0 Å². The molecule has 19 heavy (non-hydrogen) atoms. The molecule has 1 N–H and O–H groups in total. The molecule has 0 aliphatic rings. The fourth-order valence-corrected chi connectivity index (χ4v) is 3.61. The standard InChI is InChI=1S/C14H16Cl2N2S/c1-3-10-5-4-6-17-12(10)8-18-9(2)11-7-13(15)19-14(11)16/h4-7,9,18H,3,8H2,1-2H3. The highest BCUT2D eigenvalue weighted by molar-refractivity contribution is 7.20. The molecule has 0 saturated heterocycles. The number of rotatable bonds is 5. The molecule has 0 fully saturated rings. The third kappa shape index (κ3) is 3.69. The van der Waals surface area contributed by atoms with E-state index in [1.54, 1.807) is 0 Å². The highest BCUT2D eigenvalue weighted by atomic mass is 35.5. The number of hydrogen-bond donors (Lipinski definition) is 1. The number of aryl methyl sites for hydroxylation is 1. The summed E-state index contributed by atoms with van der Waals surface area (Å²) in [5.41, 5.74) is 3.41. The van der Waals surface area contributed by atoms with E-state index < -0.39 is 0 Å². The number of hydrogen-bond acceptors (Lipinski definition) is 3. The van der Waals surface area contributed by atoms with Gasteiger partial charge in [0.25, 0.3) is 0 Å². The Morgan fingerprint density at radius 2 is 2.21 bits per heavy atom. The zero-order valence-corrected chi connectivity index (χ0v) is 13.2. The molecule has 102 valence electrons. The minimum absolute atomic E-state index is 0.156. The first-order valence-electron chi connectivity index (χ1n) is 6.22. The molecule has 2 aromatic heterocycles. The molecule has 0 radical (unpaired) electrons. The van der Waals surface area contributed by atoms with Crippen LogP contribution in [-0.4, -0.2) is 4.98 Å². The van der Waals surface area contributed by atoms with Crippen molar-refractivity contribution in [3.63, 3.8) is 0 Å². The van der Waals surface area contributed by atoms with Gasteiger partial charge in [0.2, 0.25) is 0 Å². The maximum absolute atomic E-state index is 6.16. The van der Waals surface area contributed by atoms with E-state index in [4.69, 9.17) is 23.2 Å². The van der Waals surface area contributed by atoms with Crippen LogP contribution in [0.2, 0.25) is 8.67 Å². The van der Waals surface area contributed by atoms with Crippen LogP contribution in [0.15, 0.2) is 24.4 Å². The van der Waals surface area contributed by atoms with Crippen LogP contribution >= 0.6 is 34.5 Å². The lowest BCUT2D eigenvalue weighted by molar-refractivity contribution is 0.566. The van der Waals surface area contributed by atoms with Gasteiger partial charge in [-0.15, -0.1) is 11.3 Å². The number of halogens is 2. The second-order valence-electron chi connectivity index (χ2n) is 4.34. The zero-order chi connectivity index (χ0) is 13.8. The van der Waals surface area contributed by atoms with Crippen molar-refractivity contribution in [1.82, 2.24) is 10.3 Å². The second-order valence-corrected chi connectivity index (χ2v) is 6.63. The van der Waals surface area contributed by atoms with Crippen molar-refractivity contribution < 1.29 is 0 Å². The third-order valence-corrected chi connectivity index (χ3v) is 4.61. The smallest absolute Gasteiger partial charge is 0.0991 e. The predicted molar refractivity (Wildman–Crippen MR) is 83.2 cm³/mol. The molecule has 0 aliphatic heterocycles. The van der Waals surface area contributed by atoms with Crippen molar-refractivity contribution in [3.8, 4) is 0 Å². The molecule has 0 bridgehead atoms. The van der Waals surface area contributed by atoms with Gasteiger partial charge >= 0.3 is 0 Å². The monoisotopic (exact) mass is 314 g/mol. The Morgan fingerprint density at radius 1 is 1.42 bits per heavy atom. The highest BCUT2D eigenvalue weighted by Gasteiger charge is 2.13. The minimum atomic E-state index is 0.156. The van der Waals surface area contributed by atoms with Crippen LogP contribution in [0.25, 0.3) is 0 Å². The molecule has 0 amide bonds. The zero-order valence-electron chi connectivity index (χ0n) is 10.9. The van der Waals surface area contributed by atoms with Crippen molar-refractivity contribution in [2.24, 2.45) is 0 Å². The number of aromatic nitrogens is 1. The third-order valence-electron chi connectivity index (χ3n) is 3.09. The molecular weight excluding hydrogens is 299 g/mol. The maximum atomic E-state index is 6.16. The SMILES string of the molecule is CCc1cccnc1CNC(C)c1cc(Cl)sc1Cl. The Morgan fingerprint density at radius 3 is 2.84 bits per heavy atom. The quantitative estimate of drug-likeness (QED) is 0.852. The van der Waals surface area contributed by atoms with Crippen molar-refractivity contribution in [2.45, 2.75) is 32.9 Å². The summed E-state index contributed by atoms with van der Waals surface area (Å²) in [7, 11) is 0. The van der Waals surface area contributed by atoms with Crippen LogP contribution < -0.4 is 5.32 Å². The van der Waals surface area contributed by atoms with E-state index in [1.165, 1.54) is 16.9 Å². The van der Waals surface area contributed by atoms with E-state index in [0.29, 0.717) is 0 Å². The first-order valence-corrected chi connectivity index (χ1v) is 7.80. The largest absolute Gasteiger partial charge is 0.304 e. The van der Waals surface area contributed by atoms with Gasteiger partial charge in [0.15, 0.2) is 0 Å². The van der Waals surface area contributed by atoms with E-state index >= 15 is 0 Å². The molecule has 2 heterocycles. The summed E-state index contributed by atoms with van der Waals surface area (Å²) in [5, 5.41) is 3.45. The molecule has 2 nitrogen and oxygen atoms in total. The summed E-state index contributed by atoms with van der Waals surface area (Å²) in [6.07, 6.45) is 2.82. The number of thiophene rings is 1. The van der Waals surface area contributed by atoms with E-state index in [0.717, 1.165) is 32.9 Å². The number of pyridine rings is 1. The molecule has 1 atom stereocenters.